The number of fused-ring (bicyclic) bond motifs is 5. The molecule has 5 nitrogen and oxygen atoms in total. The van der Waals surface area contributed by atoms with Gasteiger partial charge in [-0.05, 0) is 81.6 Å². The molecule has 0 aromatic carbocycles. The molecule has 0 amide bonds. The van der Waals surface area contributed by atoms with E-state index in [4.69, 9.17) is 9.47 Å². The molecule has 0 spiro atoms. The highest BCUT2D eigenvalue weighted by Crippen LogP contribution is 2.68. The maximum Gasteiger partial charge on any atom is 0.305 e. The predicted molar refractivity (Wildman–Crippen MR) is 108 cm³/mol. The van der Waals surface area contributed by atoms with Gasteiger partial charge in [0.1, 0.15) is 5.78 Å². The highest BCUT2D eigenvalue weighted by Gasteiger charge is 2.67. The number of ether oxygens (including phenoxy) is 2. The van der Waals surface area contributed by atoms with Crippen LogP contribution in [-0.2, 0) is 23.9 Å². The number of rotatable bonds is 3. The van der Waals surface area contributed by atoms with Crippen LogP contribution in [0.15, 0.2) is 11.6 Å². The van der Waals surface area contributed by atoms with Gasteiger partial charge < -0.3 is 9.47 Å². The van der Waals surface area contributed by atoms with Gasteiger partial charge in [0.05, 0.1) is 11.8 Å². The molecule has 0 bridgehead atoms. The molecule has 3 saturated carbocycles. The van der Waals surface area contributed by atoms with Gasteiger partial charge in [0.25, 0.3) is 0 Å². The number of ketones is 2. The number of hydrogen-bond acceptors (Lipinski definition) is 5. The van der Waals surface area contributed by atoms with Crippen LogP contribution in [0.1, 0.15) is 72.6 Å². The van der Waals surface area contributed by atoms with Crippen LogP contribution in [0.2, 0.25) is 0 Å². The highest BCUT2D eigenvalue weighted by molar-refractivity contribution is 5.93. The number of carbonyl (C=O) groups is 3. The minimum absolute atomic E-state index is 0.0304. The molecule has 7 atom stereocenters. The van der Waals surface area contributed by atoms with Gasteiger partial charge in [-0.3, -0.25) is 14.4 Å². The summed E-state index contributed by atoms with van der Waals surface area (Å²) in [5.74, 6) is 0.0300. The Kier molecular flexibility index (Phi) is 4.84. The van der Waals surface area contributed by atoms with E-state index in [0.29, 0.717) is 17.6 Å². The second-order valence-electron chi connectivity index (χ2n) is 10.3. The maximum atomic E-state index is 12.5. The first-order valence-electron chi connectivity index (χ1n) is 11.1. The summed E-state index contributed by atoms with van der Waals surface area (Å²) in [4.78, 5) is 36.9. The summed E-state index contributed by atoms with van der Waals surface area (Å²) in [6.07, 6.45) is 7.76. The van der Waals surface area contributed by atoms with Crippen LogP contribution in [0, 0.1) is 34.5 Å². The smallest absolute Gasteiger partial charge is 0.305 e. The lowest BCUT2D eigenvalue weighted by Crippen LogP contribution is -2.63. The minimum Gasteiger partial charge on any atom is -0.432 e. The molecule has 0 aromatic heterocycles. The standard InChI is InChI=1S/C24H34O5/c1-14(25)19-8-9-20-18-7-6-16-12-17(27)13-24(28-5,29-15(2)26)23(16,4)21(18)10-11-22(19,20)3/h12,18-21H,6-11,13H2,1-5H3/t18-,19+,20-,21-,22+,23-,24?/m0/s1. The molecule has 0 aliphatic heterocycles. The van der Waals surface area contributed by atoms with Crippen LogP contribution in [-0.4, -0.2) is 30.4 Å². The Morgan fingerprint density at radius 1 is 1.07 bits per heavy atom. The molecule has 0 radical (unpaired) electrons. The zero-order chi connectivity index (χ0) is 21.2. The number of carbonyl (C=O) groups excluding carboxylic acids is 3. The molecule has 0 saturated heterocycles. The summed E-state index contributed by atoms with van der Waals surface area (Å²) >= 11 is 0. The average molecular weight is 403 g/mol. The topological polar surface area (TPSA) is 69.7 Å². The van der Waals surface area contributed by atoms with Crippen LogP contribution in [0.25, 0.3) is 0 Å². The van der Waals surface area contributed by atoms with E-state index in [-0.39, 0.29) is 29.5 Å². The molecule has 1 unspecified atom stereocenters. The molecule has 160 valence electrons. The average Bonchev–Trinajstić information content (AvgIpc) is 2.99. The lowest BCUT2D eigenvalue weighted by molar-refractivity contribution is -0.287. The zero-order valence-electron chi connectivity index (χ0n) is 18.4. The van der Waals surface area contributed by atoms with Crippen LogP contribution in [0.3, 0.4) is 0 Å². The molecule has 0 aromatic rings. The fourth-order valence-electron chi connectivity index (χ4n) is 8.00. The summed E-state index contributed by atoms with van der Waals surface area (Å²) in [5.41, 5.74) is 0.620. The van der Waals surface area contributed by atoms with Crippen molar-refractivity contribution in [1.82, 2.24) is 0 Å². The Balaban J connectivity index is 1.78. The van der Waals surface area contributed by atoms with Gasteiger partial charge in [-0.2, -0.15) is 0 Å². The van der Waals surface area contributed by atoms with E-state index in [1.807, 2.05) is 0 Å². The lowest BCUT2D eigenvalue weighted by atomic mass is 9.45. The number of hydrogen-bond donors (Lipinski definition) is 0. The first-order chi connectivity index (χ1) is 13.6. The Labute approximate surface area is 173 Å². The molecule has 5 heteroatoms. The summed E-state index contributed by atoms with van der Waals surface area (Å²) < 4.78 is 11.8. The Hall–Kier alpha value is -1.49. The summed E-state index contributed by atoms with van der Waals surface area (Å²) in [5, 5.41) is 0. The second-order valence-corrected chi connectivity index (χ2v) is 10.3. The van der Waals surface area contributed by atoms with E-state index in [1.54, 1.807) is 20.1 Å². The van der Waals surface area contributed by atoms with Crippen LogP contribution >= 0.6 is 0 Å². The normalized spacial score (nSPS) is 46.2. The summed E-state index contributed by atoms with van der Waals surface area (Å²) in [6.45, 7) is 7.60. The monoisotopic (exact) mass is 402 g/mol. The maximum absolute atomic E-state index is 12.5. The quantitative estimate of drug-likeness (QED) is 0.522. The van der Waals surface area contributed by atoms with Gasteiger partial charge in [-0.25, -0.2) is 0 Å². The molecular weight excluding hydrogens is 368 g/mol. The van der Waals surface area contributed by atoms with E-state index in [0.717, 1.165) is 44.1 Å². The molecule has 0 N–H and O–H groups in total. The molecular formula is C24H34O5. The van der Waals surface area contributed by atoms with Gasteiger partial charge in [-0.15, -0.1) is 0 Å². The van der Waals surface area contributed by atoms with Gasteiger partial charge in [0.2, 0.25) is 5.79 Å². The molecule has 4 aliphatic carbocycles. The number of Topliss-reactive ketones (excluding diaryl/α,β-unsaturated/α-hetero) is 1. The largest absolute Gasteiger partial charge is 0.432 e. The lowest BCUT2D eigenvalue weighted by Gasteiger charge is -2.62. The first-order valence-corrected chi connectivity index (χ1v) is 11.1. The van der Waals surface area contributed by atoms with Crippen molar-refractivity contribution >= 4 is 17.5 Å². The van der Waals surface area contributed by atoms with Crippen LogP contribution in [0.5, 0.6) is 0 Å². The van der Waals surface area contributed by atoms with Crippen molar-refractivity contribution in [3.8, 4) is 0 Å². The molecule has 4 aliphatic rings. The first kappa shape index (κ1) is 20.8. The molecule has 29 heavy (non-hydrogen) atoms. The molecule has 3 fully saturated rings. The number of methoxy groups -OCH3 is 1. The van der Waals surface area contributed by atoms with Crippen molar-refractivity contribution in [3.63, 3.8) is 0 Å². The van der Waals surface area contributed by atoms with E-state index < -0.39 is 17.2 Å². The Morgan fingerprint density at radius 3 is 2.41 bits per heavy atom. The SMILES string of the molecule is COC1(OC(C)=O)CC(=O)C=C2CC[C@H]3[C@@H]4CC[C@H](C(C)=O)[C@@]4(C)CC[C@@H]3[C@]21C. The third-order valence-electron chi connectivity index (χ3n) is 9.26. The van der Waals surface area contributed by atoms with Crippen LogP contribution < -0.4 is 0 Å². The summed E-state index contributed by atoms with van der Waals surface area (Å²) in [6, 6.07) is 0. The third-order valence-corrected chi connectivity index (χ3v) is 9.26. The van der Waals surface area contributed by atoms with E-state index >= 15 is 0 Å². The fraction of sp³-hybridized carbons (Fsp3) is 0.792. The van der Waals surface area contributed by atoms with Crippen molar-refractivity contribution in [2.45, 2.75) is 78.4 Å². The fourth-order valence-corrected chi connectivity index (χ4v) is 8.00. The number of esters is 1. The van der Waals surface area contributed by atoms with Crippen molar-refractivity contribution in [2.75, 3.05) is 7.11 Å². The minimum atomic E-state index is -1.24. The third kappa shape index (κ3) is 2.72. The summed E-state index contributed by atoms with van der Waals surface area (Å²) in [7, 11) is 1.56. The van der Waals surface area contributed by atoms with Crippen molar-refractivity contribution in [2.24, 2.45) is 34.5 Å². The van der Waals surface area contributed by atoms with Crippen molar-refractivity contribution in [1.29, 1.82) is 0 Å². The van der Waals surface area contributed by atoms with Gasteiger partial charge in [0, 0.05) is 20.0 Å². The highest BCUT2D eigenvalue weighted by atomic mass is 16.7. The second kappa shape index (κ2) is 6.76. The van der Waals surface area contributed by atoms with Crippen LogP contribution in [0.4, 0.5) is 0 Å². The van der Waals surface area contributed by atoms with Crippen molar-refractivity contribution in [3.05, 3.63) is 11.6 Å². The predicted octanol–water partition coefficient (Wildman–Crippen LogP) is 4.24. The zero-order valence-corrected chi connectivity index (χ0v) is 18.4. The Bertz CT molecular complexity index is 784. The van der Waals surface area contributed by atoms with E-state index in [2.05, 4.69) is 13.8 Å². The van der Waals surface area contributed by atoms with Crippen molar-refractivity contribution < 1.29 is 23.9 Å². The van der Waals surface area contributed by atoms with Gasteiger partial charge in [0.15, 0.2) is 5.78 Å². The Morgan fingerprint density at radius 2 is 1.79 bits per heavy atom. The van der Waals surface area contributed by atoms with E-state index in [9.17, 15) is 14.4 Å². The van der Waals surface area contributed by atoms with Gasteiger partial charge in [-0.1, -0.05) is 12.5 Å². The molecule has 4 rings (SSSR count). The molecule has 0 heterocycles. The van der Waals surface area contributed by atoms with Gasteiger partial charge >= 0.3 is 5.97 Å². The van der Waals surface area contributed by atoms with E-state index in [1.165, 1.54) is 6.92 Å².